The largest absolute Gasteiger partial charge is 0.370 e. The number of thioether (sulfide) groups is 1. The summed E-state index contributed by atoms with van der Waals surface area (Å²) in [5.74, 6) is 4.60. The molecule has 106 valence electrons. The maximum atomic E-state index is 4.68. The first-order chi connectivity index (χ1) is 9.26. The zero-order chi connectivity index (χ0) is 13.7. The second kappa shape index (κ2) is 6.98. The molecular formula is C14H24N4S. The van der Waals surface area contributed by atoms with Crippen molar-refractivity contribution < 1.29 is 0 Å². The van der Waals surface area contributed by atoms with Crippen LogP contribution in [-0.4, -0.2) is 34.6 Å². The molecule has 0 aliphatic heterocycles. The molecule has 2 rings (SSSR count). The van der Waals surface area contributed by atoms with Crippen LogP contribution in [0.25, 0.3) is 0 Å². The minimum Gasteiger partial charge on any atom is -0.370 e. The van der Waals surface area contributed by atoms with Gasteiger partial charge in [-0.2, -0.15) is 11.8 Å². The SMILES string of the molecule is CCNc1cc(NC(CC)CSC)nc(C2CC2)n1. The van der Waals surface area contributed by atoms with E-state index in [0.29, 0.717) is 12.0 Å². The van der Waals surface area contributed by atoms with Gasteiger partial charge in [0.2, 0.25) is 0 Å². The smallest absolute Gasteiger partial charge is 0.136 e. The van der Waals surface area contributed by atoms with E-state index in [1.165, 1.54) is 12.8 Å². The highest BCUT2D eigenvalue weighted by Gasteiger charge is 2.27. The Kier molecular flexibility index (Phi) is 5.31. The van der Waals surface area contributed by atoms with E-state index >= 15 is 0 Å². The van der Waals surface area contributed by atoms with Crippen LogP contribution in [0.2, 0.25) is 0 Å². The molecule has 2 N–H and O–H groups in total. The zero-order valence-electron chi connectivity index (χ0n) is 12.1. The van der Waals surface area contributed by atoms with Crippen LogP contribution >= 0.6 is 11.8 Å². The Labute approximate surface area is 120 Å². The minimum atomic E-state index is 0.478. The summed E-state index contributed by atoms with van der Waals surface area (Å²) in [5.41, 5.74) is 0. The maximum absolute atomic E-state index is 4.68. The number of nitrogens with zero attached hydrogens (tertiary/aromatic N) is 2. The molecule has 19 heavy (non-hydrogen) atoms. The lowest BCUT2D eigenvalue weighted by atomic mass is 10.2. The molecule has 0 bridgehead atoms. The topological polar surface area (TPSA) is 49.8 Å². The van der Waals surface area contributed by atoms with E-state index in [2.05, 4.69) is 40.7 Å². The number of aromatic nitrogens is 2. The number of anilines is 2. The van der Waals surface area contributed by atoms with Crippen molar-refractivity contribution in [3.63, 3.8) is 0 Å². The van der Waals surface area contributed by atoms with Gasteiger partial charge in [0, 0.05) is 30.3 Å². The predicted molar refractivity (Wildman–Crippen MR) is 84.3 cm³/mol. The number of hydrogen-bond acceptors (Lipinski definition) is 5. The standard InChI is InChI=1S/C14H24N4S/c1-4-11(9-19-3)16-13-8-12(15-5-2)17-14(18-13)10-6-7-10/h8,10-11H,4-7,9H2,1-3H3,(H2,15,16,17,18). The Balaban J connectivity index is 2.13. The van der Waals surface area contributed by atoms with Crippen LogP contribution in [0.1, 0.15) is 44.9 Å². The molecular weight excluding hydrogens is 256 g/mol. The van der Waals surface area contributed by atoms with Gasteiger partial charge in [-0.1, -0.05) is 6.92 Å². The van der Waals surface area contributed by atoms with Crippen LogP contribution < -0.4 is 10.6 Å². The van der Waals surface area contributed by atoms with Crippen molar-refractivity contribution in [2.45, 2.75) is 45.1 Å². The van der Waals surface area contributed by atoms with Crippen molar-refractivity contribution in [1.82, 2.24) is 9.97 Å². The first kappa shape index (κ1) is 14.4. The fourth-order valence-corrected chi connectivity index (χ4v) is 2.73. The summed E-state index contributed by atoms with van der Waals surface area (Å²) in [6.45, 7) is 5.19. The summed E-state index contributed by atoms with van der Waals surface area (Å²) in [6.07, 6.45) is 5.72. The van der Waals surface area contributed by atoms with E-state index in [1.807, 2.05) is 17.8 Å². The van der Waals surface area contributed by atoms with Gasteiger partial charge in [-0.25, -0.2) is 9.97 Å². The van der Waals surface area contributed by atoms with E-state index in [9.17, 15) is 0 Å². The Morgan fingerprint density at radius 3 is 2.63 bits per heavy atom. The van der Waals surface area contributed by atoms with Gasteiger partial charge < -0.3 is 10.6 Å². The predicted octanol–water partition coefficient (Wildman–Crippen LogP) is 3.34. The molecule has 1 unspecified atom stereocenters. The lowest BCUT2D eigenvalue weighted by Crippen LogP contribution is -2.22. The summed E-state index contributed by atoms with van der Waals surface area (Å²) in [4.78, 5) is 9.27. The van der Waals surface area contributed by atoms with E-state index in [1.54, 1.807) is 0 Å². The minimum absolute atomic E-state index is 0.478. The molecule has 5 heteroatoms. The summed E-state index contributed by atoms with van der Waals surface area (Å²) in [5, 5.41) is 6.84. The first-order valence-electron chi connectivity index (χ1n) is 7.15. The summed E-state index contributed by atoms with van der Waals surface area (Å²) < 4.78 is 0. The van der Waals surface area contributed by atoms with E-state index in [-0.39, 0.29) is 0 Å². The average Bonchev–Trinajstić information content (AvgIpc) is 3.22. The molecule has 1 fully saturated rings. The molecule has 1 aromatic rings. The van der Waals surface area contributed by atoms with Gasteiger partial charge in [-0.15, -0.1) is 0 Å². The lowest BCUT2D eigenvalue weighted by molar-refractivity contribution is 0.765. The third kappa shape index (κ3) is 4.27. The Morgan fingerprint density at radius 1 is 1.32 bits per heavy atom. The second-order valence-electron chi connectivity index (χ2n) is 5.01. The monoisotopic (exact) mass is 280 g/mol. The van der Waals surface area contributed by atoms with Crippen LogP contribution in [0, 0.1) is 0 Å². The molecule has 0 saturated heterocycles. The normalized spacial score (nSPS) is 16.2. The van der Waals surface area contributed by atoms with Crippen molar-refractivity contribution >= 4 is 23.4 Å². The molecule has 1 saturated carbocycles. The van der Waals surface area contributed by atoms with Crippen LogP contribution in [0.5, 0.6) is 0 Å². The lowest BCUT2D eigenvalue weighted by Gasteiger charge is -2.17. The molecule has 0 amide bonds. The van der Waals surface area contributed by atoms with E-state index in [4.69, 9.17) is 0 Å². The molecule has 1 heterocycles. The van der Waals surface area contributed by atoms with Gasteiger partial charge in [0.05, 0.1) is 0 Å². The van der Waals surface area contributed by atoms with Crippen LogP contribution in [0.4, 0.5) is 11.6 Å². The molecule has 1 aromatic heterocycles. The van der Waals surface area contributed by atoms with Gasteiger partial charge in [-0.05, 0) is 32.4 Å². The molecule has 1 atom stereocenters. The van der Waals surface area contributed by atoms with Gasteiger partial charge in [0.25, 0.3) is 0 Å². The van der Waals surface area contributed by atoms with Crippen LogP contribution in [0.15, 0.2) is 6.07 Å². The fourth-order valence-electron chi connectivity index (χ4n) is 2.01. The Bertz CT molecular complexity index is 406. The molecule has 0 spiro atoms. The van der Waals surface area contributed by atoms with Crippen LogP contribution in [0.3, 0.4) is 0 Å². The number of nitrogens with one attached hydrogen (secondary N) is 2. The Morgan fingerprint density at radius 2 is 2.05 bits per heavy atom. The second-order valence-corrected chi connectivity index (χ2v) is 5.92. The Hall–Kier alpha value is -0.970. The van der Waals surface area contributed by atoms with Gasteiger partial charge in [0.1, 0.15) is 17.5 Å². The van der Waals surface area contributed by atoms with Crippen LogP contribution in [-0.2, 0) is 0 Å². The van der Waals surface area contributed by atoms with Crippen molar-refractivity contribution in [3.05, 3.63) is 11.9 Å². The highest BCUT2D eigenvalue weighted by Crippen LogP contribution is 2.38. The zero-order valence-corrected chi connectivity index (χ0v) is 12.9. The first-order valence-corrected chi connectivity index (χ1v) is 8.54. The summed E-state index contributed by atoms with van der Waals surface area (Å²) in [7, 11) is 0. The number of rotatable bonds is 8. The molecule has 0 radical (unpaired) electrons. The van der Waals surface area contributed by atoms with Gasteiger partial charge in [0.15, 0.2) is 0 Å². The van der Waals surface area contributed by atoms with Gasteiger partial charge in [-0.3, -0.25) is 0 Å². The molecule has 1 aliphatic carbocycles. The van der Waals surface area contributed by atoms with Crippen molar-refractivity contribution in [3.8, 4) is 0 Å². The van der Waals surface area contributed by atoms with E-state index < -0.39 is 0 Å². The summed E-state index contributed by atoms with van der Waals surface area (Å²) >= 11 is 1.87. The van der Waals surface area contributed by atoms with E-state index in [0.717, 1.165) is 36.2 Å². The highest BCUT2D eigenvalue weighted by atomic mass is 32.2. The third-order valence-corrected chi connectivity index (χ3v) is 3.99. The fraction of sp³-hybridized carbons (Fsp3) is 0.714. The average molecular weight is 280 g/mol. The highest BCUT2D eigenvalue weighted by molar-refractivity contribution is 7.98. The quantitative estimate of drug-likeness (QED) is 0.765. The molecule has 4 nitrogen and oxygen atoms in total. The van der Waals surface area contributed by atoms with Crippen molar-refractivity contribution in [1.29, 1.82) is 0 Å². The maximum Gasteiger partial charge on any atom is 0.136 e. The van der Waals surface area contributed by atoms with Gasteiger partial charge >= 0.3 is 0 Å². The molecule has 1 aliphatic rings. The summed E-state index contributed by atoms with van der Waals surface area (Å²) in [6, 6.07) is 2.50. The third-order valence-electron chi connectivity index (χ3n) is 3.26. The number of hydrogen-bond donors (Lipinski definition) is 2. The molecule has 0 aromatic carbocycles. The van der Waals surface area contributed by atoms with Crippen molar-refractivity contribution in [2.24, 2.45) is 0 Å². The van der Waals surface area contributed by atoms with Crippen molar-refractivity contribution in [2.75, 3.05) is 29.2 Å².